The Bertz CT molecular complexity index is 754. The van der Waals surface area contributed by atoms with Crippen molar-refractivity contribution in [3.05, 3.63) is 35.4 Å². The molecule has 0 fully saturated rings. The Labute approximate surface area is 224 Å². The highest BCUT2D eigenvalue weighted by molar-refractivity contribution is 6.04. The van der Waals surface area contributed by atoms with Gasteiger partial charge in [-0.15, -0.1) is 0 Å². The van der Waals surface area contributed by atoms with Gasteiger partial charge in [0.25, 0.3) is 5.91 Å². The van der Waals surface area contributed by atoms with Crippen LogP contribution in [0.3, 0.4) is 0 Å². The molecule has 0 heterocycles. The second-order valence-corrected chi connectivity index (χ2v) is 9.91. The Kier molecular flexibility index (Phi) is 20.1. The lowest BCUT2D eigenvalue weighted by atomic mass is 10.0. The summed E-state index contributed by atoms with van der Waals surface area (Å²) in [5.41, 5.74) is 0.144. The second kappa shape index (κ2) is 22.8. The van der Waals surface area contributed by atoms with Crippen LogP contribution in [0.15, 0.2) is 24.3 Å². The molecule has 0 radical (unpaired) electrons. The molecule has 1 rings (SSSR count). The minimum Gasteiger partial charge on any atom is -0.478 e. The van der Waals surface area contributed by atoms with Crippen molar-refractivity contribution in [2.24, 2.45) is 0 Å². The van der Waals surface area contributed by atoms with Crippen molar-refractivity contribution in [1.29, 1.82) is 0 Å². The van der Waals surface area contributed by atoms with Gasteiger partial charge in [0.05, 0.1) is 11.1 Å². The number of rotatable bonds is 24. The van der Waals surface area contributed by atoms with E-state index in [2.05, 4.69) is 22.9 Å². The summed E-state index contributed by atoms with van der Waals surface area (Å²) in [5.74, 6) is -1.43. The highest BCUT2D eigenvalue weighted by Crippen LogP contribution is 2.13. The van der Waals surface area contributed by atoms with Gasteiger partial charge >= 0.3 is 5.97 Å². The summed E-state index contributed by atoms with van der Waals surface area (Å²) in [7, 11) is 0. The van der Waals surface area contributed by atoms with Crippen molar-refractivity contribution >= 4 is 17.8 Å². The molecule has 0 aliphatic heterocycles. The zero-order chi connectivity index (χ0) is 27.0. The van der Waals surface area contributed by atoms with Crippen LogP contribution in [0.4, 0.5) is 0 Å². The van der Waals surface area contributed by atoms with Gasteiger partial charge in [-0.1, -0.05) is 109 Å². The number of hydrogen-bond donors (Lipinski definition) is 4. The molecule has 0 aliphatic carbocycles. The number of benzene rings is 1. The Balaban J connectivity index is 1.86. The number of nitrogens with one attached hydrogen (secondary N) is 3. The van der Waals surface area contributed by atoms with Crippen LogP contribution in [0.25, 0.3) is 0 Å². The number of carbonyl (C=O) groups is 3. The Hall–Kier alpha value is -2.41. The molecular weight excluding hydrogens is 466 g/mol. The highest BCUT2D eigenvalue weighted by Gasteiger charge is 2.14. The van der Waals surface area contributed by atoms with Crippen LogP contribution < -0.4 is 16.0 Å². The summed E-state index contributed by atoms with van der Waals surface area (Å²) >= 11 is 0. The van der Waals surface area contributed by atoms with Gasteiger partial charge in [0, 0.05) is 32.6 Å². The fourth-order valence-electron chi connectivity index (χ4n) is 4.39. The minimum atomic E-state index is -1.12. The Morgan fingerprint density at radius 1 is 0.622 bits per heavy atom. The van der Waals surface area contributed by atoms with E-state index in [1.807, 2.05) is 0 Å². The third-order valence-corrected chi connectivity index (χ3v) is 6.62. The normalized spacial score (nSPS) is 10.8. The van der Waals surface area contributed by atoms with Crippen LogP contribution in [0.1, 0.15) is 130 Å². The van der Waals surface area contributed by atoms with Crippen LogP contribution in [0.5, 0.6) is 0 Å². The SMILES string of the molecule is CCCCCCCCCCCCCCCCCC(=O)NCCNCCNC(=O)c1ccccc1C(=O)O. The molecule has 0 aliphatic rings. The molecule has 4 N–H and O–H groups in total. The number of carbonyl (C=O) groups excluding carboxylic acids is 2. The number of carboxylic acid groups (broad SMARTS) is 1. The number of unbranched alkanes of at least 4 members (excludes halogenated alkanes) is 14. The van der Waals surface area contributed by atoms with Gasteiger partial charge in [0.1, 0.15) is 0 Å². The fourth-order valence-corrected chi connectivity index (χ4v) is 4.39. The lowest BCUT2D eigenvalue weighted by Crippen LogP contribution is -2.36. The lowest BCUT2D eigenvalue weighted by Gasteiger charge is -2.09. The zero-order valence-corrected chi connectivity index (χ0v) is 23.1. The maximum Gasteiger partial charge on any atom is 0.336 e. The molecule has 0 saturated heterocycles. The molecule has 0 saturated carbocycles. The van der Waals surface area contributed by atoms with E-state index in [1.165, 1.54) is 95.6 Å². The van der Waals surface area contributed by atoms with Gasteiger partial charge in [0.15, 0.2) is 0 Å². The first-order valence-corrected chi connectivity index (χ1v) is 14.6. The predicted octanol–water partition coefficient (Wildman–Crippen LogP) is 6.08. The quantitative estimate of drug-likeness (QED) is 0.124. The number of carboxylic acids is 1. The first-order valence-electron chi connectivity index (χ1n) is 14.6. The van der Waals surface area contributed by atoms with Crippen molar-refractivity contribution in [2.45, 2.75) is 110 Å². The topological polar surface area (TPSA) is 108 Å². The molecule has 0 aromatic heterocycles. The van der Waals surface area contributed by atoms with Crippen LogP contribution in [0, 0.1) is 0 Å². The molecule has 210 valence electrons. The zero-order valence-electron chi connectivity index (χ0n) is 23.1. The van der Waals surface area contributed by atoms with Crippen molar-refractivity contribution in [1.82, 2.24) is 16.0 Å². The molecule has 2 amide bonds. The van der Waals surface area contributed by atoms with Crippen LogP contribution >= 0.6 is 0 Å². The summed E-state index contributed by atoms with van der Waals surface area (Å²) in [6, 6.07) is 6.15. The average Bonchev–Trinajstić information content (AvgIpc) is 2.90. The van der Waals surface area contributed by atoms with Gasteiger partial charge in [0.2, 0.25) is 5.91 Å². The summed E-state index contributed by atoms with van der Waals surface area (Å²) in [6.07, 6.45) is 20.3. The Morgan fingerprint density at radius 3 is 1.59 bits per heavy atom. The third-order valence-electron chi connectivity index (χ3n) is 6.62. The van der Waals surface area contributed by atoms with Crippen LogP contribution in [-0.4, -0.2) is 49.1 Å². The summed E-state index contributed by atoms with van der Waals surface area (Å²) in [4.78, 5) is 35.3. The van der Waals surface area contributed by atoms with E-state index in [0.717, 1.165) is 12.8 Å². The lowest BCUT2D eigenvalue weighted by molar-refractivity contribution is -0.121. The van der Waals surface area contributed by atoms with Crippen molar-refractivity contribution < 1.29 is 19.5 Å². The maximum atomic E-state index is 12.2. The average molecular weight is 518 g/mol. The summed E-state index contributed by atoms with van der Waals surface area (Å²) < 4.78 is 0. The molecule has 1 aromatic carbocycles. The van der Waals surface area contributed by atoms with E-state index in [4.69, 9.17) is 5.11 Å². The highest BCUT2D eigenvalue weighted by atomic mass is 16.4. The number of hydrogen-bond acceptors (Lipinski definition) is 4. The first-order chi connectivity index (χ1) is 18.1. The molecule has 7 nitrogen and oxygen atoms in total. The van der Waals surface area contributed by atoms with Gasteiger partial charge < -0.3 is 21.1 Å². The largest absolute Gasteiger partial charge is 0.478 e. The van der Waals surface area contributed by atoms with E-state index in [-0.39, 0.29) is 17.0 Å². The molecule has 0 bridgehead atoms. The third kappa shape index (κ3) is 17.6. The standard InChI is InChI=1S/C30H51N3O4/c1-2-3-4-5-6-7-8-9-10-11-12-13-14-15-16-21-28(34)32-24-22-31-23-25-33-29(35)26-19-17-18-20-27(26)30(36)37/h17-20,31H,2-16,21-25H2,1H3,(H,32,34)(H,33,35)(H,36,37). The molecule has 1 aromatic rings. The summed E-state index contributed by atoms with van der Waals surface area (Å²) in [6.45, 7) is 4.35. The maximum absolute atomic E-state index is 12.2. The second-order valence-electron chi connectivity index (χ2n) is 9.91. The van der Waals surface area contributed by atoms with E-state index in [0.29, 0.717) is 32.6 Å². The molecule has 37 heavy (non-hydrogen) atoms. The Morgan fingerprint density at radius 2 is 1.08 bits per heavy atom. The first kappa shape index (κ1) is 32.6. The van der Waals surface area contributed by atoms with Gasteiger partial charge in [-0.25, -0.2) is 4.79 Å². The van der Waals surface area contributed by atoms with Gasteiger partial charge in [-0.2, -0.15) is 0 Å². The van der Waals surface area contributed by atoms with E-state index < -0.39 is 11.9 Å². The van der Waals surface area contributed by atoms with Crippen molar-refractivity contribution in [3.63, 3.8) is 0 Å². The monoisotopic (exact) mass is 517 g/mol. The van der Waals surface area contributed by atoms with Crippen LogP contribution in [0.2, 0.25) is 0 Å². The molecule has 7 heteroatoms. The van der Waals surface area contributed by atoms with E-state index in [1.54, 1.807) is 12.1 Å². The predicted molar refractivity (Wildman–Crippen MR) is 151 cm³/mol. The van der Waals surface area contributed by atoms with Crippen LogP contribution in [-0.2, 0) is 4.79 Å². The summed E-state index contributed by atoms with van der Waals surface area (Å²) in [5, 5.41) is 18.0. The number of amides is 2. The van der Waals surface area contributed by atoms with Crippen molar-refractivity contribution in [3.8, 4) is 0 Å². The molecule has 0 spiro atoms. The smallest absolute Gasteiger partial charge is 0.336 e. The van der Waals surface area contributed by atoms with E-state index >= 15 is 0 Å². The van der Waals surface area contributed by atoms with Gasteiger partial charge in [-0.05, 0) is 18.6 Å². The van der Waals surface area contributed by atoms with Crippen molar-refractivity contribution in [2.75, 3.05) is 26.2 Å². The van der Waals surface area contributed by atoms with Gasteiger partial charge in [-0.3, -0.25) is 9.59 Å². The van der Waals surface area contributed by atoms with E-state index in [9.17, 15) is 14.4 Å². The molecular formula is C30H51N3O4. The molecule has 0 atom stereocenters. The number of aromatic carboxylic acids is 1. The minimum absolute atomic E-state index is 0.00949. The molecule has 0 unspecified atom stereocenters. The fraction of sp³-hybridized carbons (Fsp3) is 0.700.